The molecule has 0 radical (unpaired) electrons. The summed E-state index contributed by atoms with van der Waals surface area (Å²) in [5, 5.41) is 3.19. The Bertz CT molecular complexity index is 345. The van der Waals surface area contributed by atoms with E-state index in [-0.39, 0.29) is 0 Å². The first kappa shape index (κ1) is 14.2. The molecule has 0 spiro atoms. The molecule has 0 atom stereocenters. The topological polar surface area (TPSA) is 15.3 Å². The molecule has 17 heavy (non-hydrogen) atoms. The minimum absolute atomic E-state index is 0.608. The van der Waals surface area contributed by atoms with E-state index in [4.69, 9.17) is 0 Å². The van der Waals surface area contributed by atoms with Crippen molar-refractivity contribution < 1.29 is 0 Å². The molecule has 0 unspecified atom stereocenters. The van der Waals surface area contributed by atoms with Gasteiger partial charge < -0.3 is 10.2 Å². The van der Waals surface area contributed by atoms with Crippen LogP contribution < -0.4 is 5.32 Å². The molecule has 2 nitrogen and oxygen atoms in total. The quantitative estimate of drug-likeness (QED) is 0.814. The molecule has 1 rings (SSSR count). The van der Waals surface area contributed by atoms with Crippen LogP contribution in [0.3, 0.4) is 0 Å². The van der Waals surface area contributed by atoms with Gasteiger partial charge in [-0.15, -0.1) is 0 Å². The van der Waals surface area contributed by atoms with Crippen molar-refractivity contribution in [2.24, 2.45) is 0 Å². The number of likely N-dealkylation sites (N-methyl/N-ethyl adjacent to an activating group) is 2. The molecule has 0 fully saturated rings. The maximum Gasteiger partial charge on any atom is 0.0233 e. The molecule has 1 N–H and O–H groups in total. The van der Waals surface area contributed by atoms with Gasteiger partial charge in [0.2, 0.25) is 0 Å². The first-order valence-electron chi connectivity index (χ1n) is 6.47. The van der Waals surface area contributed by atoms with Gasteiger partial charge in [-0.05, 0) is 43.6 Å². The lowest BCUT2D eigenvalue weighted by atomic mass is 9.97. The van der Waals surface area contributed by atoms with E-state index < -0.39 is 0 Å². The summed E-state index contributed by atoms with van der Waals surface area (Å²) in [6, 6.07) is 6.85. The summed E-state index contributed by atoms with van der Waals surface area (Å²) in [5.74, 6) is 0.608. The van der Waals surface area contributed by atoms with E-state index in [0.29, 0.717) is 5.92 Å². The maximum absolute atomic E-state index is 3.19. The standard InChI is InChI=1S/C15H26N2/c1-12(2)14-7-6-13(3)15(10-14)11-17(5)9-8-16-4/h6-7,10,12,16H,8-9,11H2,1-5H3. The van der Waals surface area contributed by atoms with E-state index in [1.807, 2.05) is 7.05 Å². The van der Waals surface area contributed by atoms with Crippen LogP contribution in [0.4, 0.5) is 0 Å². The van der Waals surface area contributed by atoms with Crippen LogP contribution in [-0.4, -0.2) is 32.1 Å². The summed E-state index contributed by atoms with van der Waals surface area (Å²) in [6.45, 7) is 9.86. The Morgan fingerprint density at radius 1 is 1.29 bits per heavy atom. The number of nitrogens with one attached hydrogen (secondary N) is 1. The lowest BCUT2D eigenvalue weighted by molar-refractivity contribution is 0.327. The highest BCUT2D eigenvalue weighted by Gasteiger charge is 2.06. The van der Waals surface area contributed by atoms with Crippen LogP contribution in [0.25, 0.3) is 0 Å². The Kier molecular flexibility index (Phi) is 5.66. The second kappa shape index (κ2) is 6.77. The number of aryl methyl sites for hydroxylation is 1. The predicted molar refractivity (Wildman–Crippen MR) is 75.5 cm³/mol. The summed E-state index contributed by atoms with van der Waals surface area (Å²) in [6.07, 6.45) is 0. The zero-order valence-electron chi connectivity index (χ0n) is 11.9. The molecule has 0 aliphatic heterocycles. The van der Waals surface area contributed by atoms with E-state index in [1.54, 1.807) is 0 Å². The fraction of sp³-hybridized carbons (Fsp3) is 0.600. The molecule has 0 aliphatic rings. The van der Waals surface area contributed by atoms with Gasteiger partial charge >= 0.3 is 0 Å². The van der Waals surface area contributed by atoms with Crippen molar-refractivity contribution in [1.29, 1.82) is 0 Å². The highest BCUT2D eigenvalue weighted by molar-refractivity contribution is 5.32. The van der Waals surface area contributed by atoms with Crippen LogP contribution in [-0.2, 0) is 6.54 Å². The van der Waals surface area contributed by atoms with Gasteiger partial charge in [0.15, 0.2) is 0 Å². The van der Waals surface area contributed by atoms with E-state index in [0.717, 1.165) is 19.6 Å². The third-order valence-electron chi connectivity index (χ3n) is 3.22. The van der Waals surface area contributed by atoms with Crippen molar-refractivity contribution in [3.05, 3.63) is 34.9 Å². The molecule has 0 saturated carbocycles. The second-order valence-electron chi connectivity index (χ2n) is 5.18. The number of benzene rings is 1. The third kappa shape index (κ3) is 4.49. The molecule has 1 aromatic carbocycles. The van der Waals surface area contributed by atoms with Crippen molar-refractivity contribution in [3.63, 3.8) is 0 Å². The number of rotatable bonds is 6. The monoisotopic (exact) mass is 234 g/mol. The Morgan fingerprint density at radius 2 is 2.00 bits per heavy atom. The molecule has 2 heteroatoms. The fourth-order valence-electron chi connectivity index (χ4n) is 1.89. The highest BCUT2D eigenvalue weighted by Crippen LogP contribution is 2.19. The first-order valence-corrected chi connectivity index (χ1v) is 6.47. The summed E-state index contributed by atoms with van der Waals surface area (Å²) >= 11 is 0. The second-order valence-corrected chi connectivity index (χ2v) is 5.18. The molecular weight excluding hydrogens is 208 g/mol. The molecule has 96 valence electrons. The van der Waals surface area contributed by atoms with Crippen molar-refractivity contribution in [2.75, 3.05) is 27.2 Å². The zero-order chi connectivity index (χ0) is 12.8. The molecule has 0 heterocycles. The Hall–Kier alpha value is -0.860. The predicted octanol–water partition coefficient (Wildman–Crippen LogP) is 2.77. The zero-order valence-corrected chi connectivity index (χ0v) is 11.9. The molecule has 0 bridgehead atoms. The van der Waals surface area contributed by atoms with Gasteiger partial charge in [-0.2, -0.15) is 0 Å². The fourth-order valence-corrected chi connectivity index (χ4v) is 1.89. The number of hydrogen-bond acceptors (Lipinski definition) is 2. The number of hydrogen-bond donors (Lipinski definition) is 1. The van der Waals surface area contributed by atoms with Crippen LogP contribution in [0.1, 0.15) is 36.5 Å². The van der Waals surface area contributed by atoms with Crippen molar-refractivity contribution in [3.8, 4) is 0 Å². The molecule has 0 saturated heterocycles. The van der Waals surface area contributed by atoms with Crippen molar-refractivity contribution >= 4 is 0 Å². The van der Waals surface area contributed by atoms with Crippen LogP contribution in [0.2, 0.25) is 0 Å². The van der Waals surface area contributed by atoms with E-state index in [1.165, 1.54) is 16.7 Å². The Morgan fingerprint density at radius 3 is 2.59 bits per heavy atom. The van der Waals surface area contributed by atoms with E-state index in [9.17, 15) is 0 Å². The summed E-state index contributed by atoms with van der Waals surface area (Å²) in [7, 11) is 4.18. The summed E-state index contributed by atoms with van der Waals surface area (Å²) in [5.41, 5.74) is 4.29. The largest absolute Gasteiger partial charge is 0.318 e. The van der Waals surface area contributed by atoms with Gasteiger partial charge in [0.05, 0.1) is 0 Å². The van der Waals surface area contributed by atoms with Crippen molar-refractivity contribution in [2.45, 2.75) is 33.2 Å². The summed E-state index contributed by atoms with van der Waals surface area (Å²) in [4.78, 5) is 2.36. The molecule has 0 aromatic heterocycles. The molecule has 1 aromatic rings. The maximum atomic E-state index is 3.19. The average Bonchev–Trinajstić information content (AvgIpc) is 2.29. The van der Waals surface area contributed by atoms with Gasteiger partial charge in [-0.3, -0.25) is 0 Å². The van der Waals surface area contributed by atoms with Gasteiger partial charge in [0.1, 0.15) is 0 Å². The van der Waals surface area contributed by atoms with Gasteiger partial charge in [-0.25, -0.2) is 0 Å². The normalized spacial score (nSPS) is 11.5. The molecule has 0 aliphatic carbocycles. The average molecular weight is 234 g/mol. The van der Waals surface area contributed by atoms with Crippen molar-refractivity contribution in [1.82, 2.24) is 10.2 Å². The smallest absolute Gasteiger partial charge is 0.0233 e. The van der Waals surface area contributed by atoms with Crippen LogP contribution >= 0.6 is 0 Å². The lowest BCUT2D eigenvalue weighted by Gasteiger charge is -2.19. The van der Waals surface area contributed by atoms with Crippen LogP contribution in [0, 0.1) is 6.92 Å². The third-order valence-corrected chi connectivity index (χ3v) is 3.22. The first-order chi connectivity index (χ1) is 8.04. The van der Waals surface area contributed by atoms with Gasteiger partial charge in [0.25, 0.3) is 0 Å². The molecular formula is C15H26N2. The minimum atomic E-state index is 0.608. The Labute approximate surface area is 106 Å². The van der Waals surface area contributed by atoms with Crippen LogP contribution in [0.5, 0.6) is 0 Å². The minimum Gasteiger partial charge on any atom is -0.318 e. The number of nitrogens with zero attached hydrogens (tertiary/aromatic N) is 1. The SMILES string of the molecule is CNCCN(C)Cc1cc(C(C)C)ccc1C. The van der Waals surface area contributed by atoms with E-state index >= 15 is 0 Å². The summed E-state index contributed by atoms with van der Waals surface area (Å²) < 4.78 is 0. The van der Waals surface area contributed by atoms with Crippen LogP contribution in [0.15, 0.2) is 18.2 Å². The van der Waals surface area contributed by atoms with Gasteiger partial charge in [0, 0.05) is 19.6 Å². The lowest BCUT2D eigenvalue weighted by Crippen LogP contribution is -2.27. The van der Waals surface area contributed by atoms with Gasteiger partial charge in [-0.1, -0.05) is 32.0 Å². The molecule has 0 amide bonds. The highest BCUT2D eigenvalue weighted by atomic mass is 15.1. The van der Waals surface area contributed by atoms with E-state index in [2.05, 4.69) is 56.2 Å². The Balaban J connectivity index is 2.72.